The first-order valence-corrected chi connectivity index (χ1v) is 8.37. The van der Waals surface area contributed by atoms with Crippen molar-refractivity contribution >= 4 is 6.03 Å². The predicted octanol–water partition coefficient (Wildman–Crippen LogP) is 3.36. The second-order valence-electron chi connectivity index (χ2n) is 6.42. The van der Waals surface area contributed by atoms with Gasteiger partial charge >= 0.3 is 6.03 Å². The molecule has 3 N–H and O–H groups in total. The van der Waals surface area contributed by atoms with Crippen LogP contribution in [0.25, 0.3) is 0 Å². The molecular weight excluding hydrogens is 280 g/mol. The van der Waals surface area contributed by atoms with E-state index in [0.717, 1.165) is 18.8 Å². The molecule has 0 saturated heterocycles. The Bertz CT molecular complexity index is 447. The number of urea groups is 1. The SMILES string of the molecule is CCC1CCCC(NC(=O)NC(C)CC(O)c2ccco2)C1. The number of carbonyl (C=O) groups excluding carboxylic acids is 1. The quantitative estimate of drug-likeness (QED) is 0.754. The Morgan fingerprint density at radius 1 is 1.50 bits per heavy atom. The maximum atomic E-state index is 12.1. The van der Waals surface area contributed by atoms with Gasteiger partial charge in [0.15, 0.2) is 0 Å². The second kappa shape index (κ2) is 8.22. The van der Waals surface area contributed by atoms with E-state index in [2.05, 4.69) is 17.6 Å². The number of aliphatic hydroxyl groups is 1. The Morgan fingerprint density at radius 2 is 2.32 bits per heavy atom. The van der Waals surface area contributed by atoms with E-state index in [1.807, 2.05) is 6.92 Å². The molecule has 2 amide bonds. The lowest BCUT2D eigenvalue weighted by atomic mass is 9.84. The van der Waals surface area contributed by atoms with Crippen molar-refractivity contribution in [1.29, 1.82) is 0 Å². The Labute approximate surface area is 132 Å². The van der Waals surface area contributed by atoms with E-state index in [9.17, 15) is 9.90 Å². The molecule has 1 aromatic heterocycles. The standard InChI is InChI=1S/C17H28N2O3/c1-3-13-6-4-7-14(11-13)19-17(21)18-12(2)10-15(20)16-8-5-9-22-16/h5,8-9,12-15,20H,3-4,6-7,10-11H2,1-2H3,(H2,18,19,21). The van der Waals surface area contributed by atoms with Crippen LogP contribution in [0.4, 0.5) is 4.79 Å². The third-order valence-electron chi connectivity index (χ3n) is 4.52. The van der Waals surface area contributed by atoms with Gasteiger partial charge in [0.05, 0.1) is 6.26 Å². The molecular formula is C17H28N2O3. The van der Waals surface area contributed by atoms with Crippen molar-refractivity contribution < 1.29 is 14.3 Å². The van der Waals surface area contributed by atoms with Crippen LogP contribution in [0.2, 0.25) is 0 Å². The van der Waals surface area contributed by atoms with Gasteiger partial charge in [-0.15, -0.1) is 0 Å². The third kappa shape index (κ3) is 5.05. The number of hydrogen-bond donors (Lipinski definition) is 3. The smallest absolute Gasteiger partial charge is 0.315 e. The number of hydrogen-bond acceptors (Lipinski definition) is 3. The number of nitrogens with one attached hydrogen (secondary N) is 2. The van der Waals surface area contributed by atoms with Crippen LogP contribution in [0.1, 0.15) is 64.2 Å². The Balaban J connectivity index is 1.72. The van der Waals surface area contributed by atoms with Gasteiger partial charge in [-0.1, -0.05) is 26.2 Å². The van der Waals surface area contributed by atoms with Crippen molar-refractivity contribution in [1.82, 2.24) is 10.6 Å². The van der Waals surface area contributed by atoms with E-state index in [-0.39, 0.29) is 18.1 Å². The molecule has 1 aliphatic rings. The summed E-state index contributed by atoms with van der Waals surface area (Å²) < 4.78 is 5.17. The summed E-state index contributed by atoms with van der Waals surface area (Å²) in [5, 5.41) is 16.0. The molecule has 22 heavy (non-hydrogen) atoms. The van der Waals surface area contributed by atoms with Crippen molar-refractivity contribution in [2.24, 2.45) is 5.92 Å². The fourth-order valence-electron chi connectivity index (χ4n) is 3.23. The third-order valence-corrected chi connectivity index (χ3v) is 4.52. The predicted molar refractivity (Wildman–Crippen MR) is 85.5 cm³/mol. The molecule has 1 heterocycles. The van der Waals surface area contributed by atoms with Gasteiger partial charge in [0, 0.05) is 18.5 Å². The van der Waals surface area contributed by atoms with E-state index < -0.39 is 6.10 Å². The molecule has 4 atom stereocenters. The van der Waals surface area contributed by atoms with Gasteiger partial charge in [-0.25, -0.2) is 4.79 Å². The molecule has 0 bridgehead atoms. The first kappa shape index (κ1) is 16.9. The maximum Gasteiger partial charge on any atom is 0.315 e. The molecule has 2 rings (SSSR count). The monoisotopic (exact) mass is 308 g/mol. The van der Waals surface area contributed by atoms with E-state index in [1.165, 1.54) is 25.5 Å². The highest BCUT2D eigenvalue weighted by atomic mass is 16.4. The molecule has 1 fully saturated rings. The molecule has 0 radical (unpaired) electrons. The van der Waals surface area contributed by atoms with Gasteiger partial charge < -0.3 is 20.2 Å². The van der Waals surface area contributed by atoms with Crippen molar-refractivity contribution in [2.45, 2.75) is 70.6 Å². The van der Waals surface area contributed by atoms with E-state index in [0.29, 0.717) is 12.2 Å². The van der Waals surface area contributed by atoms with Crippen LogP contribution in [0.15, 0.2) is 22.8 Å². The highest BCUT2D eigenvalue weighted by molar-refractivity contribution is 5.74. The van der Waals surface area contributed by atoms with E-state index in [4.69, 9.17) is 4.42 Å². The van der Waals surface area contributed by atoms with Crippen LogP contribution in [0.5, 0.6) is 0 Å². The van der Waals surface area contributed by atoms with Gasteiger partial charge in [-0.2, -0.15) is 0 Å². The molecule has 5 nitrogen and oxygen atoms in total. The zero-order chi connectivity index (χ0) is 15.9. The first-order valence-electron chi connectivity index (χ1n) is 8.37. The molecule has 1 aromatic rings. The summed E-state index contributed by atoms with van der Waals surface area (Å²) >= 11 is 0. The lowest BCUT2D eigenvalue weighted by Gasteiger charge is -2.29. The minimum Gasteiger partial charge on any atom is -0.467 e. The van der Waals surface area contributed by atoms with Crippen LogP contribution < -0.4 is 10.6 Å². The minimum absolute atomic E-state index is 0.120. The molecule has 124 valence electrons. The minimum atomic E-state index is -0.690. The van der Waals surface area contributed by atoms with Crippen molar-refractivity contribution in [3.05, 3.63) is 24.2 Å². The van der Waals surface area contributed by atoms with Gasteiger partial charge in [0.25, 0.3) is 0 Å². The number of rotatable bonds is 6. The lowest BCUT2D eigenvalue weighted by molar-refractivity contribution is 0.129. The number of furan rings is 1. The summed E-state index contributed by atoms with van der Waals surface area (Å²) in [6.07, 6.45) is 7.08. The highest BCUT2D eigenvalue weighted by Crippen LogP contribution is 2.26. The average Bonchev–Trinajstić information content (AvgIpc) is 3.01. The van der Waals surface area contributed by atoms with E-state index in [1.54, 1.807) is 12.1 Å². The van der Waals surface area contributed by atoms with Crippen molar-refractivity contribution in [3.63, 3.8) is 0 Å². The summed E-state index contributed by atoms with van der Waals surface area (Å²) in [7, 11) is 0. The number of aliphatic hydroxyl groups excluding tert-OH is 1. The average molecular weight is 308 g/mol. The fourth-order valence-corrected chi connectivity index (χ4v) is 3.23. The maximum absolute atomic E-state index is 12.1. The van der Waals surface area contributed by atoms with Gasteiger partial charge in [-0.3, -0.25) is 0 Å². The number of carbonyl (C=O) groups is 1. The van der Waals surface area contributed by atoms with Crippen LogP contribution in [-0.4, -0.2) is 23.2 Å². The van der Waals surface area contributed by atoms with Crippen LogP contribution in [0, 0.1) is 5.92 Å². The summed E-state index contributed by atoms with van der Waals surface area (Å²) in [5.41, 5.74) is 0. The molecule has 1 saturated carbocycles. The summed E-state index contributed by atoms with van der Waals surface area (Å²) in [6.45, 7) is 4.10. The lowest BCUT2D eigenvalue weighted by Crippen LogP contribution is -2.47. The molecule has 0 aromatic carbocycles. The zero-order valence-corrected chi connectivity index (χ0v) is 13.5. The molecule has 5 heteroatoms. The molecule has 1 aliphatic carbocycles. The highest BCUT2D eigenvalue weighted by Gasteiger charge is 2.23. The van der Waals surface area contributed by atoms with Gasteiger partial charge in [-0.05, 0) is 37.8 Å². The molecule has 0 aliphatic heterocycles. The molecule has 4 unspecified atom stereocenters. The van der Waals surface area contributed by atoms with Crippen molar-refractivity contribution in [2.75, 3.05) is 0 Å². The van der Waals surface area contributed by atoms with Gasteiger partial charge in [0.2, 0.25) is 0 Å². The number of amides is 2. The zero-order valence-electron chi connectivity index (χ0n) is 13.5. The Morgan fingerprint density at radius 3 is 3.00 bits per heavy atom. The van der Waals surface area contributed by atoms with Crippen LogP contribution in [-0.2, 0) is 0 Å². The largest absolute Gasteiger partial charge is 0.467 e. The summed E-state index contributed by atoms with van der Waals surface area (Å²) in [4.78, 5) is 12.1. The summed E-state index contributed by atoms with van der Waals surface area (Å²) in [6, 6.07) is 3.51. The fraction of sp³-hybridized carbons (Fsp3) is 0.706. The molecule has 0 spiro atoms. The Kier molecular flexibility index (Phi) is 6.31. The summed E-state index contributed by atoms with van der Waals surface area (Å²) in [5.74, 6) is 1.27. The van der Waals surface area contributed by atoms with E-state index >= 15 is 0 Å². The van der Waals surface area contributed by atoms with Gasteiger partial charge in [0.1, 0.15) is 11.9 Å². The van der Waals surface area contributed by atoms with Crippen LogP contribution >= 0.6 is 0 Å². The van der Waals surface area contributed by atoms with Crippen molar-refractivity contribution in [3.8, 4) is 0 Å². The topological polar surface area (TPSA) is 74.5 Å². The van der Waals surface area contributed by atoms with Crippen LogP contribution in [0.3, 0.4) is 0 Å². The Hall–Kier alpha value is -1.49. The first-order chi connectivity index (χ1) is 10.6. The normalized spacial score (nSPS) is 24.5. The second-order valence-corrected chi connectivity index (χ2v) is 6.42.